The van der Waals surface area contributed by atoms with Crippen LogP contribution in [0.5, 0.6) is 11.5 Å². The Kier molecular flexibility index (Phi) is 10.4. The summed E-state index contributed by atoms with van der Waals surface area (Å²) in [4.78, 5) is 7.49. The predicted molar refractivity (Wildman–Crippen MR) is 160 cm³/mol. The molecule has 0 bridgehead atoms. The Morgan fingerprint density at radius 3 is 2.21 bits per heavy atom. The minimum atomic E-state index is 0.410. The second kappa shape index (κ2) is 13.9. The minimum Gasteiger partial charge on any atom is -0.493 e. The molecule has 212 valence electrons. The summed E-state index contributed by atoms with van der Waals surface area (Å²) in [6.07, 6.45) is 4.50. The van der Waals surface area contributed by atoms with Gasteiger partial charge in [-0.3, -0.25) is 9.80 Å². The molecule has 1 saturated heterocycles. The Labute approximate surface area is 235 Å². The number of anilines is 1. The summed E-state index contributed by atoms with van der Waals surface area (Å²) in [5.74, 6) is 4.08. The van der Waals surface area contributed by atoms with Crippen molar-refractivity contribution in [3.8, 4) is 11.5 Å². The zero-order chi connectivity index (χ0) is 27.8. The highest BCUT2D eigenvalue weighted by Crippen LogP contribution is 2.29. The third-order valence-electron chi connectivity index (χ3n) is 8.16. The molecule has 2 heterocycles. The number of piperidine rings is 1. The molecule has 0 N–H and O–H groups in total. The van der Waals surface area contributed by atoms with Crippen molar-refractivity contribution >= 4 is 5.69 Å². The molecule has 0 saturated carbocycles. The van der Waals surface area contributed by atoms with E-state index in [0.717, 1.165) is 68.6 Å². The average molecular weight is 534 g/mol. The molecule has 1 fully saturated rings. The maximum atomic E-state index is 5.94. The van der Waals surface area contributed by atoms with Gasteiger partial charge in [-0.05, 0) is 99.8 Å². The first-order valence-electron chi connectivity index (χ1n) is 14.4. The van der Waals surface area contributed by atoms with Gasteiger partial charge in [0, 0.05) is 44.8 Å². The summed E-state index contributed by atoms with van der Waals surface area (Å²) in [5.41, 5.74) is 3.93. The van der Waals surface area contributed by atoms with E-state index >= 15 is 0 Å². The van der Waals surface area contributed by atoms with Crippen LogP contribution in [0, 0.1) is 6.92 Å². The van der Waals surface area contributed by atoms with E-state index in [1.54, 1.807) is 14.2 Å². The number of hydrogen-bond acceptors (Lipinski definition) is 6. The first-order chi connectivity index (χ1) is 18.9. The summed E-state index contributed by atoms with van der Waals surface area (Å²) >= 11 is 0. The van der Waals surface area contributed by atoms with Gasteiger partial charge in [-0.2, -0.15) is 0 Å². The van der Waals surface area contributed by atoms with Gasteiger partial charge in [0.1, 0.15) is 11.5 Å². The summed E-state index contributed by atoms with van der Waals surface area (Å²) in [5, 5.41) is 0. The number of methoxy groups -OCH3 is 2. The van der Waals surface area contributed by atoms with Gasteiger partial charge in [-0.1, -0.05) is 25.1 Å². The molecule has 0 radical (unpaired) electrons. The number of ether oxygens (including phenoxy) is 2. The highest BCUT2D eigenvalue weighted by Gasteiger charge is 2.25. The molecule has 1 aromatic heterocycles. The van der Waals surface area contributed by atoms with Gasteiger partial charge >= 0.3 is 0 Å². The summed E-state index contributed by atoms with van der Waals surface area (Å²) in [7, 11) is 7.57. The Hall–Kier alpha value is -2.96. The van der Waals surface area contributed by atoms with Crippen LogP contribution in [0.15, 0.2) is 59.0 Å². The zero-order valence-electron chi connectivity index (χ0n) is 24.8. The van der Waals surface area contributed by atoms with Crippen LogP contribution < -0.4 is 14.4 Å². The number of likely N-dealkylation sites (tertiary alicyclic amines) is 1. The molecular weight excluding hydrogens is 486 g/mol. The monoisotopic (exact) mass is 533 g/mol. The van der Waals surface area contributed by atoms with E-state index in [1.165, 1.54) is 29.7 Å². The molecule has 0 amide bonds. The SMILES string of the molecule is COc1ccc(CCN(CCC(C)c2ccc(C)o2)C2CCN(Cc3ccc(N(C)C)cc3)CC2)cc1OC. The standard InChI is InChI=1S/C33H47N3O3/c1-25(31-13-7-26(2)39-31)15-21-36(22-16-27-10-14-32(37-5)33(23-27)38-6)30-17-19-35(20-18-30)24-28-8-11-29(12-9-28)34(3)4/h7-14,23,25,30H,15-22,24H2,1-6H3. The molecule has 4 rings (SSSR count). The molecule has 1 atom stereocenters. The lowest BCUT2D eigenvalue weighted by Crippen LogP contribution is -2.45. The van der Waals surface area contributed by atoms with Crippen molar-refractivity contribution in [1.29, 1.82) is 0 Å². The number of hydrogen-bond donors (Lipinski definition) is 0. The molecule has 2 aromatic carbocycles. The van der Waals surface area contributed by atoms with E-state index in [1.807, 2.05) is 13.0 Å². The van der Waals surface area contributed by atoms with E-state index in [9.17, 15) is 0 Å². The van der Waals surface area contributed by atoms with Crippen LogP contribution in [0.1, 0.15) is 54.8 Å². The van der Waals surface area contributed by atoms with E-state index in [4.69, 9.17) is 13.9 Å². The van der Waals surface area contributed by atoms with Crippen molar-refractivity contribution in [2.24, 2.45) is 0 Å². The second-order valence-corrected chi connectivity index (χ2v) is 11.2. The number of benzene rings is 2. The Bertz CT molecular complexity index is 1150. The van der Waals surface area contributed by atoms with Crippen LogP contribution in [-0.4, -0.2) is 70.3 Å². The molecule has 3 aromatic rings. The number of rotatable bonds is 13. The van der Waals surface area contributed by atoms with Crippen molar-refractivity contribution in [1.82, 2.24) is 9.80 Å². The number of furan rings is 1. The maximum Gasteiger partial charge on any atom is 0.160 e. The lowest BCUT2D eigenvalue weighted by Gasteiger charge is -2.39. The normalized spacial score (nSPS) is 15.5. The molecule has 1 aliphatic rings. The highest BCUT2D eigenvalue weighted by molar-refractivity contribution is 5.46. The van der Waals surface area contributed by atoms with Crippen LogP contribution in [-0.2, 0) is 13.0 Å². The average Bonchev–Trinajstić information content (AvgIpc) is 3.40. The third kappa shape index (κ3) is 8.02. The fourth-order valence-electron chi connectivity index (χ4n) is 5.61. The van der Waals surface area contributed by atoms with E-state index in [-0.39, 0.29) is 0 Å². The smallest absolute Gasteiger partial charge is 0.160 e. The summed E-state index contributed by atoms with van der Waals surface area (Å²) in [6, 6.07) is 20.1. The van der Waals surface area contributed by atoms with Crippen molar-refractivity contribution in [3.05, 3.63) is 77.2 Å². The molecular formula is C33H47N3O3. The van der Waals surface area contributed by atoms with Crippen LogP contribution in [0.3, 0.4) is 0 Å². The first-order valence-corrected chi connectivity index (χ1v) is 14.4. The van der Waals surface area contributed by atoms with Crippen LogP contribution in [0.25, 0.3) is 0 Å². The topological polar surface area (TPSA) is 41.3 Å². The van der Waals surface area contributed by atoms with Crippen LogP contribution >= 0.6 is 0 Å². The van der Waals surface area contributed by atoms with Gasteiger partial charge in [0.2, 0.25) is 0 Å². The third-order valence-corrected chi connectivity index (χ3v) is 8.16. The van der Waals surface area contributed by atoms with Gasteiger partial charge in [-0.25, -0.2) is 0 Å². The van der Waals surface area contributed by atoms with Crippen molar-refractivity contribution in [3.63, 3.8) is 0 Å². The lowest BCUT2D eigenvalue weighted by atomic mass is 9.99. The second-order valence-electron chi connectivity index (χ2n) is 11.2. The van der Waals surface area contributed by atoms with Gasteiger partial charge in [0.05, 0.1) is 14.2 Å². The van der Waals surface area contributed by atoms with Crippen LogP contribution in [0.2, 0.25) is 0 Å². The van der Waals surface area contributed by atoms with E-state index in [0.29, 0.717) is 12.0 Å². The molecule has 1 unspecified atom stereocenters. The highest BCUT2D eigenvalue weighted by atomic mass is 16.5. The maximum absolute atomic E-state index is 5.94. The summed E-state index contributed by atoms with van der Waals surface area (Å²) in [6.45, 7) is 9.73. The number of aryl methyl sites for hydroxylation is 1. The van der Waals surface area contributed by atoms with Gasteiger partial charge < -0.3 is 18.8 Å². The molecule has 6 nitrogen and oxygen atoms in total. The predicted octanol–water partition coefficient (Wildman–Crippen LogP) is 6.37. The zero-order valence-corrected chi connectivity index (χ0v) is 24.8. The fourth-order valence-corrected chi connectivity index (χ4v) is 5.61. The Morgan fingerprint density at radius 1 is 0.897 bits per heavy atom. The quantitative estimate of drug-likeness (QED) is 0.254. The molecule has 6 heteroatoms. The van der Waals surface area contributed by atoms with Gasteiger partial charge in [-0.15, -0.1) is 0 Å². The lowest BCUT2D eigenvalue weighted by molar-refractivity contribution is 0.102. The first kappa shape index (κ1) is 29.0. The van der Waals surface area contributed by atoms with E-state index < -0.39 is 0 Å². The fraction of sp³-hybridized carbons (Fsp3) is 0.515. The van der Waals surface area contributed by atoms with Gasteiger partial charge in [0.25, 0.3) is 0 Å². The Morgan fingerprint density at radius 2 is 1.59 bits per heavy atom. The molecule has 0 spiro atoms. The minimum absolute atomic E-state index is 0.410. The molecule has 0 aliphatic carbocycles. The van der Waals surface area contributed by atoms with Crippen molar-refractivity contribution in [2.75, 3.05) is 59.4 Å². The largest absolute Gasteiger partial charge is 0.493 e. The van der Waals surface area contributed by atoms with Crippen molar-refractivity contribution in [2.45, 2.75) is 58.0 Å². The Balaban J connectivity index is 1.37. The van der Waals surface area contributed by atoms with E-state index in [2.05, 4.69) is 84.2 Å². The molecule has 39 heavy (non-hydrogen) atoms. The molecule has 1 aliphatic heterocycles. The summed E-state index contributed by atoms with van der Waals surface area (Å²) < 4.78 is 16.9. The van der Waals surface area contributed by atoms with Crippen molar-refractivity contribution < 1.29 is 13.9 Å². The number of nitrogens with zero attached hydrogens (tertiary/aromatic N) is 3. The van der Waals surface area contributed by atoms with Gasteiger partial charge in [0.15, 0.2) is 11.5 Å². The van der Waals surface area contributed by atoms with Crippen LogP contribution in [0.4, 0.5) is 5.69 Å².